The molecule has 0 aromatic heterocycles. The Hall–Kier alpha value is -1.69. The van der Waals surface area contributed by atoms with E-state index in [1.165, 1.54) is 7.11 Å². The van der Waals surface area contributed by atoms with Gasteiger partial charge in [0.1, 0.15) is 5.57 Å². The van der Waals surface area contributed by atoms with Crippen LogP contribution in [-0.4, -0.2) is 32.1 Å². The number of nitrogens with zero attached hydrogens (tertiary/aromatic N) is 1. The lowest BCUT2D eigenvalue weighted by Gasteiger charge is -2.14. The molecule has 0 atom stereocenters. The van der Waals surface area contributed by atoms with Gasteiger partial charge in [-0.15, -0.1) is 0 Å². The largest absolute Gasteiger partial charge is 0.465 e. The van der Waals surface area contributed by atoms with Crippen molar-refractivity contribution in [1.82, 2.24) is 10.4 Å². The number of hydrogen-bond donors (Lipinski definition) is 1. The summed E-state index contributed by atoms with van der Waals surface area (Å²) in [5.74, 6) is -0.510. The third-order valence-electron chi connectivity index (χ3n) is 2.54. The van der Waals surface area contributed by atoms with Gasteiger partial charge < -0.3 is 9.64 Å². The molecule has 0 unspecified atom stereocenters. The van der Waals surface area contributed by atoms with Crippen LogP contribution in [0.25, 0.3) is 0 Å². The summed E-state index contributed by atoms with van der Waals surface area (Å²) in [6.07, 6.45) is 1.59. The van der Waals surface area contributed by atoms with E-state index in [-0.39, 0.29) is 12.2 Å². The fraction of sp³-hybridized carbons (Fsp3) is 0.267. The molecule has 5 nitrogen and oxygen atoms in total. The molecule has 0 heterocycles. The predicted octanol–water partition coefficient (Wildman–Crippen LogP) is 3.15. The summed E-state index contributed by atoms with van der Waals surface area (Å²) in [6, 6.07) is 5.17. The summed E-state index contributed by atoms with van der Waals surface area (Å²) in [6.45, 7) is 3.99. The van der Waals surface area contributed by atoms with Crippen LogP contribution in [0.4, 0.5) is 0 Å². The molecule has 0 radical (unpaired) electrons. The van der Waals surface area contributed by atoms with E-state index in [2.05, 4.69) is 12.1 Å². The number of hydroxylamine groups is 1. The number of rotatable bonds is 7. The van der Waals surface area contributed by atoms with E-state index in [1.807, 2.05) is 0 Å². The van der Waals surface area contributed by atoms with Crippen LogP contribution >= 0.6 is 23.2 Å². The summed E-state index contributed by atoms with van der Waals surface area (Å²) in [4.78, 5) is 18.7. The predicted molar refractivity (Wildman–Crippen MR) is 87.3 cm³/mol. The van der Waals surface area contributed by atoms with Gasteiger partial charge in [0.25, 0.3) is 0 Å². The molecule has 120 valence electrons. The highest BCUT2D eigenvalue weighted by molar-refractivity contribution is 6.42. The van der Waals surface area contributed by atoms with Crippen molar-refractivity contribution in [3.05, 3.63) is 57.9 Å². The SMILES string of the molecule is C=C(NOCc1ccc(Cl)c(Cl)c1)C(=CN(C)C)C(=O)OC. The van der Waals surface area contributed by atoms with E-state index >= 15 is 0 Å². The Labute approximate surface area is 140 Å². The maximum absolute atomic E-state index is 11.7. The zero-order chi connectivity index (χ0) is 16.7. The summed E-state index contributed by atoms with van der Waals surface area (Å²) in [7, 11) is 4.87. The van der Waals surface area contributed by atoms with Gasteiger partial charge in [0.15, 0.2) is 0 Å². The van der Waals surface area contributed by atoms with Gasteiger partial charge in [0, 0.05) is 20.3 Å². The summed E-state index contributed by atoms with van der Waals surface area (Å²) < 4.78 is 4.71. The van der Waals surface area contributed by atoms with Crippen LogP contribution in [-0.2, 0) is 21.0 Å². The van der Waals surface area contributed by atoms with Crippen LogP contribution in [0.5, 0.6) is 0 Å². The average molecular weight is 345 g/mol. The molecule has 7 heteroatoms. The number of carbonyl (C=O) groups excluding carboxylic acids is 1. The highest BCUT2D eigenvalue weighted by Crippen LogP contribution is 2.22. The third kappa shape index (κ3) is 5.60. The van der Waals surface area contributed by atoms with Crippen molar-refractivity contribution in [1.29, 1.82) is 0 Å². The molecule has 1 aromatic carbocycles. The molecule has 0 aliphatic heterocycles. The molecule has 0 spiro atoms. The number of ether oxygens (including phenoxy) is 1. The molecule has 1 N–H and O–H groups in total. The second-order valence-electron chi connectivity index (χ2n) is 4.62. The number of hydrogen-bond acceptors (Lipinski definition) is 5. The van der Waals surface area contributed by atoms with Crippen molar-refractivity contribution in [2.24, 2.45) is 0 Å². The smallest absolute Gasteiger partial charge is 0.341 e. The second kappa shape index (κ2) is 8.68. The average Bonchev–Trinajstić information content (AvgIpc) is 2.47. The Morgan fingerprint density at radius 3 is 2.59 bits per heavy atom. The summed E-state index contributed by atoms with van der Waals surface area (Å²) >= 11 is 11.8. The van der Waals surface area contributed by atoms with Gasteiger partial charge in [0.05, 0.1) is 29.5 Å². The Morgan fingerprint density at radius 2 is 2.05 bits per heavy atom. The van der Waals surface area contributed by atoms with Gasteiger partial charge >= 0.3 is 5.97 Å². The molecule has 0 saturated carbocycles. The van der Waals surface area contributed by atoms with Crippen LogP contribution in [0.3, 0.4) is 0 Å². The minimum atomic E-state index is -0.510. The van der Waals surface area contributed by atoms with Crippen LogP contribution in [0.15, 0.2) is 42.2 Å². The van der Waals surface area contributed by atoms with Crippen LogP contribution in [0, 0.1) is 0 Å². The molecule has 0 bridgehead atoms. The Bertz CT molecular complexity index is 586. The highest BCUT2D eigenvalue weighted by atomic mass is 35.5. The van der Waals surface area contributed by atoms with E-state index in [9.17, 15) is 4.79 Å². The number of methoxy groups -OCH3 is 1. The van der Waals surface area contributed by atoms with Gasteiger partial charge in [-0.25, -0.2) is 4.79 Å². The van der Waals surface area contributed by atoms with Gasteiger partial charge in [-0.2, -0.15) is 0 Å². The van der Waals surface area contributed by atoms with Crippen LogP contribution in [0.1, 0.15) is 5.56 Å². The first-order chi connectivity index (χ1) is 10.3. The maximum atomic E-state index is 11.7. The molecule has 0 aliphatic rings. The molecule has 0 saturated heterocycles. The van der Waals surface area contributed by atoms with Crippen molar-refractivity contribution in [2.45, 2.75) is 6.61 Å². The van der Waals surface area contributed by atoms with E-state index in [0.717, 1.165) is 5.56 Å². The van der Waals surface area contributed by atoms with Crippen LogP contribution < -0.4 is 5.48 Å². The zero-order valence-corrected chi connectivity index (χ0v) is 14.2. The van der Waals surface area contributed by atoms with E-state index in [4.69, 9.17) is 32.8 Å². The quantitative estimate of drug-likeness (QED) is 0.356. The van der Waals surface area contributed by atoms with Crippen LogP contribution in [0.2, 0.25) is 10.0 Å². The minimum absolute atomic E-state index is 0.228. The lowest BCUT2D eigenvalue weighted by atomic mass is 10.2. The number of nitrogens with one attached hydrogen (secondary N) is 1. The van der Waals surface area contributed by atoms with Gasteiger partial charge in [-0.05, 0) is 17.7 Å². The molecular formula is C15H18Cl2N2O3. The van der Waals surface area contributed by atoms with E-state index in [1.54, 1.807) is 43.4 Å². The number of halogens is 2. The standard InChI is InChI=1S/C15H18Cl2N2O3/c1-10(12(8-19(2)3)15(20)21-4)18-22-9-11-5-6-13(16)14(17)7-11/h5-8,18H,1,9H2,2-4H3. The fourth-order valence-corrected chi connectivity index (χ4v) is 1.83. The topological polar surface area (TPSA) is 50.8 Å². The van der Waals surface area contributed by atoms with Gasteiger partial charge in [-0.1, -0.05) is 35.8 Å². The van der Waals surface area contributed by atoms with E-state index in [0.29, 0.717) is 15.7 Å². The summed E-state index contributed by atoms with van der Waals surface area (Å²) in [5.41, 5.74) is 4.00. The lowest BCUT2D eigenvalue weighted by Crippen LogP contribution is -2.21. The Kier molecular flexibility index (Phi) is 7.24. The van der Waals surface area contributed by atoms with Crippen molar-refractivity contribution >= 4 is 29.2 Å². The molecule has 22 heavy (non-hydrogen) atoms. The zero-order valence-electron chi connectivity index (χ0n) is 12.7. The van der Waals surface area contributed by atoms with Gasteiger partial charge in [-0.3, -0.25) is 10.3 Å². The molecule has 0 fully saturated rings. The number of carbonyl (C=O) groups is 1. The third-order valence-corrected chi connectivity index (χ3v) is 3.27. The molecule has 1 aromatic rings. The first-order valence-electron chi connectivity index (χ1n) is 6.32. The number of benzene rings is 1. The Balaban J connectivity index is 2.63. The molecule has 0 aliphatic carbocycles. The van der Waals surface area contributed by atoms with Crippen molar-refractivity contribution < 1.29 is 14.4 Å². The maximum Gasteiger partial charge on any atom is 0.341 e. The second-order valence-corrected chi connectivity index (χ2v) is 5.43. The number of esters is 1. The highest BCUT2D eigenvalue weighted by Gasteiger charge is 2.14. The van der Waals surface area contributed by atoms with Gasteiger partial charge in [0.2, 0.25) is 0 Å². The summed E-state index contributed by atoms with van der Waals surface area (Å²) in [5, 5.41) is 0.925. The van der Waals surface area contributed by atoms with Crippen molar-refractivity contribution in [3.63, 3.8) is 0 Å². The molecule has 1 rings (SSSR count). The monoisotopic (exact) mass is 344 g/mol. The van der Waals surface area contributed by atoms with Crippen molar-refractivity contribution in [3.8, 4) is 0 Å². The minimum Gasteiger partial charge on any atom is -0.465 e. The van der Waals surface area contributed by atoms with E-state index < -0.39 is 5.97 Å². The fourth-order valence-electron chi connectivity index (χ4n) is 1.51. The van der Waals surface area contributed by atoms with Crippen molar-refractivity contribution in [2.75, 3.05) is 21.2 Å². The molecule has 0 amide bonds. The first-order valence-corrected chi connectivity index (χ1v) is 7.08. The Morgan fingerprint density at radius 1 is 1.36 bits per heavy atom. The lowest BCUT2D eigenvalue weighted by molar-refractivity contribution is -0.136. The molecular weight excluding hydrogens is 327 g/mol. The first kappa shape index (κ1) is 18.4. The normalized spacial score (nSPS) is 11.0.